The number of amidine groups is 1. The van der Waals surface area contributed by atoms with Gasteiger partial charge < -0.3 is 5.11 Å². The van der Waals surface area contributed by atoms with E-state index in [1.165, 1.54) is 34.4 Å². The lowest BCUT2D eigenvalue weighted by atomic mass is 10.0. The van der Waals surface area contributed by atoms with E-state index in [1.807, 2.05) is 18.2 Å². The van der Waals surface area contributed by atoms with Crippen LogP contribution >= 0.6 is 11.8 Å². The number of hydrogen-bond acceptors (Lipinski definition) is 4. The van der Waals surface area contributed by atoms with Crippen LogP contribution in [0.1, 0.15) is 41.3 Å². The zero-order chi connectivity index (χ0) is 19.6. The Balaban J connectivity index is 1.86. The Morgan fingerprint density at radius 3 is 2.52 bits per heavy atom. The molecule has 2 aromatic carbocycles. The van der Waals surface area contributed by atoms with Crippen molar-refractivity contribution in [2.75, 3.05) is 7.05 Å². The Hall–Kier alpha value is -2.86. The van der Waals surface area contributed by atoms with Gasteiger partial charge in [-0.05, 0) is 53.1 Å². The van der Waals surface area contributed by atoms with Gasteiger partial charge in [-0.2, -0.15) is 0 Å². The van der Waals surface area contributed by atoms with Crippen LogP contribution < -0.4 is 0 Å². The quantitative estimate of drug-likeness (QED) is 0.778. The number of carboxylic acids is 1. The SMILES string of the molecule is CC(C)c1ccc(/C=C2\SC(=Nc3cccc(C(=O)O)c3)N(C)C2=O)cc1. The van der Waals surface area contributed by atoms with Crippen molar-refractivity contribution in [3.63, 3.8) is 0 Å². The number of rotatable bonds is 4. The molecule has 0 unspecified atom stereocenters. The van der Waals surface area contributed by atoms with Crippen LogP contribution in [0.4, 0.5) is 5.69 Å². The number of thioether (sulfide) groups is 1. The molecule has 0 bridgehead atoms. The number of carboxylic acid groups (broad SMARTS) is 1. The zero-order valence-electron chi connectivity index (χ0n) is 15.3. The highest BCUT2D eigenvalue weighted by molar-refractivity contribution is 8.18. The Kier molecular flexibility index (Phi) is 5.46. The second kappa shape index (κ2) is 7.80. The fraction of sp³-hybridized carbons (Fsp3) is 0.190. The van der Waals surface area contributed by atoms with Crippen molar-refractivity contribution in [3.8, 4) is 0 Å². The largest absolute Gasteiger partial charge is 0.478 e. The smallest absolute Gasteiger partial charge is 0.335 e. The first kappa shape index (κ1) is 18.9. The molecular formula is C21H20N2O3S. The molecule has 1 fully saturated rings. The van der Waals surface area contributed by atoms with Crippen LogP contribution in [0, 0.1) is 0 Å². The number of carbonyl (C=O) groups is 2. The molecule has 0 spiro atoms. The third-order valence-corrected chi connectivity index (χ3v) is 5.28. The Labute approximate surface area is 162 Å². The molecule has 138 valence electrons. The van der Waals surface area contributed by atoms with Crippen molar-refractivity contribution in [1.82, 2.24) is 4.90 Å². The molecule has 3 rings (SSSR count). The minimum absolute atomic E-state index is 0.124. The Morgan fingerprint density at radius 1 is 1.19 bits per heavy atom. The van der Waals surface area contributed by atoms with Crippen LogP contribution in [-0.2, 0) is 4.79 Å². The number of aromatic carboxylic acids is 1. The third kappa shape index (κ3) is 4.28. The summed E-state index contributed by atoms with van der Waals surface area (Å²) in [7, 11) is 1.66. The van der Waals surface area contributed by atoms with Crippen LogP contribution in [0.25, 0.3) is 6.08 Å². The maximum Gasteiger partial charge on any atom is 0.335 e. The molecule has 0 saturated carbocycles. The number of nitrogens with zero attached hydrogens (tertiary/aromatic N) is 2. The molecule has 27 heavy (non-hydrogen) atoms. The van der Waals surface area contributed by atoms with E-state index in [-0.39, 0.29) is 11.5 Å². The molecule has 0 radical (unpaired) electrons. The molecule has 2 aromatic rings. The van der Waals surface area contributed by atoms with E-state index < -0.39 is 5.97 Å². The van der Waals surface area contributed by atoms with E-state index in [9.17, 15) is 9.59 Å². The van der Waals surface area contributed by atoms with Crippen molar-refractivity contribution < 1.29 is 14.7 Å². The topological polar surface area (TPSA) is 70.0 Å². The Bertz CT molecular complexity index is 946. The van der Waals surface area contributed by atoms with Gasteiger partial charge in [-0.15, -0.1) is 0 Å². The van der Waals surface area contributed by atoms with Crippen LogP contribution in [0.5, 0.6) is 0 Å². The molecular weight excluding hydrogens is 360 g/mol. The molecule has 0 aromatic heterocycles. The van der Waals surface area contributed by atoms with Crippen LogP contribution in [0.3, 0.4) is 0 Å². The average Bonchev–Trinajstić information content (AvgIpc) is 2.90. The lowest BCUT2D eigenvalue weighted by molar-refractivity contribution is -0.121. The predicted octanol–water partition coefficient (Wildman–Crippen LogP) is 4.74. The summed E-state index contributed by atoms with van der Waals surface area (Å²) >= 11 is 1.28. The summed E-state index contributed by atoms with van der Waals surface area (Å²) in [5, 5.41) is 9.62. The fourth-order valence-corrected chi connectivity index (χ4v) is 3.59. The lowest BCUT2D eigenvalue weighted by Gasteiger charge is -2.07. The second-order valence-corrected chi connectivity index (χ2v) is 7.56. The monoisotopic (exact) mass is 380 g/mol. The first-order valence-corrected chi connectivity index (χ1v) is 9.36. The van der Waals surface area contributed by atoms with E-state index >= 15 is 0 Å². The van der Waals surface area contributed by atoms with E-state index in [0.717, 1.165) is 5.56 Å². The van der Waals surface area contributed by atoms with Gasteiger partial charge >= 0.3 is 5.97 Å². The van der Waals surface area contributed by atoms with Gasteiger partial charge in [-0.25, -0.2) is 9.79 Å². The van der Waals surface area contributed by atoms with Gasteiger partial charge in [-0.3, -0.25) is 9.69 Å². The van der Waals surface area contributed by atoms with Gasteiger partial charge in [0.05, 0.1) is 16.2 Å². The standard InChI is InChI=1S/C21H20N2O3S/c1-13(2)15-9-7-14(8-10-15)11-18-19(24)23(3)21(27-18)22-17-6-4-5-16(12-17)20(25)26/h4-13H,1-3H3,(H,25,26)/b18-11-,22-21?. The predicted molar refractivity (Wildman–Crippen MR) is 109 cm³/mol. The second-order valence-electron chi connectivity index (χ2n) is 6.55. The molecule has 5 nitrogen and oxygen atoms in total. The summed E-state index contributed by atoms with van der Waals surface area (Å²) in [6, 6.07) is 14.5. The van der Waals surface area contributed by atoms with E-state index in [4.69, 9.17) is 5.11 Å². The summed E-state index contributed by atoms with van der Waals surface area (Å²) < 4.78 is 0. The maximum absolute atomic E-state index is 12.5. The molecule has 1 heterocycles. The molecule has 1 N–H and O–H groups in total. The number of benzene rings is 2. The number of likely N-dealkylation sites (N-methyl/N-ethyl adjacent to an activating group) is 1. The number of amides is 1. The average molecular weight is 380 g/mol. The fourth-order valence-electron chi connectivity index (χ4n) is 2.60. The van der Waals surface area contributed by atoms with E-state index in [1.54, 1.807) is 19.2 Å². The first-order valence-electron chi connectivity index (χ1n) is 8.55. The van der Waals surface area contributed by atoms with Crippen molar-refractivity contribution in [2.45, 2.75) is 19.8 Å². The molecule has 1 saturated heterocycles. The van der Waals surface area contributed by atoms with Crippen molar-refractivity contribution in [1.29, 1.82) is 0 Å². The molecule has 1 aliphatic heterocycles. The summed E-state index contributed by atoms with van der Waals surface area (Å²) in [5.41, 5.74) is 2.87. The summed E-state index contributed by atoms with van der Waals surface area (Å²) in [4.78, 5) is 30.1. The molecule has 0 aliphatic carbocycles. The van der Waals surface area contributed by atoms with Gasteiger partial charge in [0, 0.05) is 7.05 Å². The van der Waals surface area contributed by atoms with Crippen LogP contribution in [0.15, 0.2) is 58.4 Å². The van der Waals surface area contributed by atoms with Gasteiger partial charge in [0.1, 0.15) is 0 Å². The summed E-state index contributed by atoms with van der Waals surface area (Å²) in [5.74, 6) is -0.673. The van der Waals surface area contributed by atoms with Gasteiger partial charge in [0.15, 0.2) is 5.17 Å². The number of carbonyl (C=O) groups excluding carboxylic acids is 1. The first-order chi connectivity index (χ1) is 12.8. The number of aliphatic imine (C=N–C) groups is 1. The highest BCUT2D eigenvalue weighted by atomic mass is 32.2. The molecule has 1 amide bonds. The van der Waals surface area contributed by atoms with Crippen LogP contribution in [0.2, 0.25) is 0 Å². The lowest BCUT2D eigenvalue weighted by Crippen LogP contribution is -2.23. The van der Waals surface area contributed by atoms with E-state index in [2.05, 4.69) is 31.0 Å². The molecule has 1 aliphatic rings. The minimum Gasteiger partial charge on any atom is -0.478 e. The zero-order valence-corrected chi connectivity index (χ0v) is 16.2. The van der Waals surface area contributed by atoms with Gasteiger partial charge in [0.25, 0.3) is 5.91 Å². The van der Waals surface area contributed by atoms with Crippen molar-refractivity contribution in [3.05, 3.63) is 70.1 Å². The molecule has 6 heteroatoms. The van der Waals surface area contributed by atoms with Crippen LogP contribution in [-0.4, -0.2) is 34.1 Å². The number of hydrogen-bond donors (Lipinski definition) is 1. The minimum atomic E-state index is -1.01. The summed E-state index contributed by atoms with van der Waals surface area (Å²) in [6.07, 6.45) is 1.85. The van der Waals surface area contributed by atoms with Crippen molar-refractivity contribution in [2.24, 2.45) is 4.99 Å². The van der Waals surface area contributed by atoms with Crippen molar-refractivity contribution >= 4 is 40.6 Å². The highest BCUT2D eigenvalue weighted by Crippen LogP contribution is 2.33. The Morgan fingerprint density at radius 2 is 1.89 bits per heavy atom. The highest BCUT2D eigenvalue weighted by Gasteiger charge is 2.30. The third-order valence-electron chi connectivity index (χ3n) is 4.22. The molecule has 0 atom stereocenters. The van der Waals surface area contributed by atoms with Gasteiger partial charge in [-0.1, -0.05) is 44.2 Å². The summed E-state index contributed by atoms with van der Waals surface area (Å²) in [6.45, 7) is 4.28. The normalized spacial score (nSPS) is 17.3. The van der Waals surface area contributed by atoms with E-state index in [0.29, 0.717) is 21.7 Å². The maximum atomic E-state index is 12.5. The van der Waals surface area contributed by atoms with Gasteiger partial charge in [0.2, 0.25) is 0 Å².